The Morgan fingerprint density at radius 1 is 0.976 bits per heavy atom. The van der Waals surface area contributed by atoms with E-state index in [0.717, 1.165) is 39.2 Å². The minimum absolute atomic E-state index is 0.0785. The average Bonchev–Trinajstić information content (AvgIpc) is 3.39. The molecule has 0 bridgehead atoms. The molecule has 0 saturated heterocycles. The summed E-state index contributed by atoms with van der Waals surface area (Å²) < 4.78 is 42.8. The van der Waals surface area contributed by atoms with Crippen molar-refractivity contribution in [3.05, 3.63) is 130 Å². The zero-order valence-corrected chi connectivity index (χ0v) is 24.2. The van der Waals surface area contributed by atoms with Crippen LogP contribution in [0.2, 0.25) is 0 Å². The number of fused-ring (bicyclic) bond motifs is 1. The fourth-order valence-electron chi connectivity index (χ4n) is 5.88. The number of hydrogen-bond donors (Lipinski definition) is 2. The first kappa shape index (κ1) is 27.4. The quantitative estimate of drug-likeness (QED) is 0.395. The number of hydrogen-bond acceptors (Lipinski definition) is 5. The van der Waals surface area contributed by atoms with Crippen molar-refractivity contribution in [3.63, 3.8) is 0 Å². The molecule has 212 valence electrons. The second kappa shape index (κ2) is 10.3. The molecule has 2 N–H and O–H groups in total. The van der Waals surface area contributed by atoms with E-state index in [1.807, 2.05) is 53.7 Å². The van der Waals surface area contributed by atoms with Gasteiger partial charge in [0.1, 0.15) is 5.82 Å². The Kier molecular flexibility index (Phi) is 6.88. The monoisotopic (exact) mass is 571 g/mol. The number of nitrogens with zero attached hydrogens (tertiary/aromatic N) is 2. The fraction of sp³-hybridized carbons (Fsp3) is 0.273. The number of aliphatic hydroxyl groups excluding tert-OH is 1. The second-order valence-electron chi connectivity index (χ2n) is 11.8. The summed E-state index contributed by atoms with van der Waals surface area (Å²) in [6.07, 6.45) is 3.55. The third-order valence-electron chi connectivity index (χ3n) is 8.20. The van der Waals surface area contributed by atoms with Crippen LogP contribution >= 0.6 is 0 Å². The molecule has 0 radical (unpaired) electrons. The molecule has 0 amide bonds. The molecule has 3 aromatic carbocycles. The van der Waals surface area contributed by atoms with Crippen LogP contribution < -0.4 is 10.4 Å². The summed E-state index contributed by atoms with van der Waals surface area (Å²) in [7, 11) is -3.75. The molecule has 8 heteroatoms. The number of hydrazine groups is 1. The maximum atomic E-state index is 13.8. The maximum absolute atomic E-state index is 13.8. The van der Waals surface area contributed by atoms with Crippen LogP contribution in [0.4, 0.5) is 10.1 Å². The van der Waals surface area contributed by atoms with Crippen molar-refractivity contribution in [3.8, 4) is 0 Å². The highest BCUT2D eigenvalue weighted by atomic mass is 32.2. The zero-order chi connectivity index (χ0) is 28.9. The molecule has 0 aromatic heterocycles. The van der Waals surface area contributed by atoms with E-state index >= 15 is 0 Å². The van der Waals surface area contributed by atoms with Crippen LogP contribution in [0.3, 0.4) is 0 Å². The van der Waals surface area contributed by atoms with Gasteiger partial charge in [-0.3, -0.25) is 5.01 Å². The van der Waals surface area contributed by atoms with Crippen LogP contribution in [0.15, 0.2) is 118 Å². The maximum Gasteiger partial charge on any atom is 0.243 e. The predicted octanol–water partition coefficient (Wildman–Crippen LogP) is 5.97. The minimum atomic E-state index is -3.75. The highest BCUT2D eigenvalue weighted by molar-refractivity contribution is 7.89. The molecule has 3 aliphatic rings. The lowest BCUT2D eigenvalue weighted by Crippen LogP contribution is -2.41. The van der Waals surface area contributed by atoms with Crippen molar-refractivity contribution >= 4 is 15.7 Å². The molecule has 3 aromatic rings. The molecule has 0 saturated carbocycles. The molecule has 6 nitrogen and oxygen atoms in total. The Bertz CT molecular complexity index is 1660. The Hall–Kier alpha value is -3.72. The lowest BCUT2D eigenvalue weighted by atomic mass is 9.75. The Morgan fingerprint density at radius 2 is 1.66 bits per heavy atom. The molecule has 0 fully saturated rings. The van der Waals surface area contributed by atoms with Crippen LogP contribution in [-0.4, -0.2) is 30.9 Å². The first-order chi connectivity index (χ1) is 19.5. The van der Waals surface area contributed by atoms with Crippen LogP contribution in [-0.2, 0) is 15.4 Å². The lowest BCUT2D eigenvalue weighted by molar-refractivity contribution is 0.137. The Labute approximate surface area is 241 Å². The van der Waals surface area contributed by atoms with E-state index in [1.54, 1.807) is 24.3 Å². The molecule has 1 unspecified atom stereocenters. The van der Waals surface area contributed by atoms with Crippen molar-refractivity contribution in [2.75, 3.05) is 18.1 Å². The minimum Gasteiger partial charge on any atom is -0.387 e. The summed E-state index contributed by atoms with van der Waals surface area (Å²) in [5.41, 5.74) is 9.42. The van der Waals surface area contributed by atoms with Gasteiger partial charge in [-0.15, -0.1) is 0 Å². The van der Waals surface area contributed by atoms with Gasteiger partial charge in [0.05, 0.1) is 22.4 Å². The molecule has 6 rings (SSSR count). The normalized spacial score (nSPS) is 20.1. The van der Waals surface area contributed by atoms with Crippen LogP contribution in [0.25, 0.3) is 0 Å². The highest BCUT2D eigenvalue weighted by Gasteiger charge is 2.42. The van der Waals surface area contributed by atoms with E-state index in [0.29, 0.717) is 13.0 Å². The molecule has 2 atom stereocenters. The van der Waals surface area contributed by atoms with Gasteiger partial charge in [-0.25, -0.2) is 12.8 Å². The largest absolute Gasteiger partial charge is 0.387 e. The van der Waals surface area contributed by atoms with Gasteiger partial charge < -0.3 is 10.5 Å². The number of rotatable bonds is 5. The number of halogens is 1. The predicted molar refractivity (Wildman–Crippen MR) is 159 cm³/mol. The number of anilines is 1. The van der Waals surface area contributed by atoms with Gasteiger partial charge in [0, 0.05) is 30.8 Å². The summed E-state index contributed by atoms with van der Waals surface area (Å²) in [6, 6.07) is 22.8. The first-order valence-corrected chi connectivity index (χ1v) is 15.3. The van der Waals surface area contributed by atoms with Crippen molar-refractivity contribution < 1.29 is 17.9 Å². The number of sulfonamides is 1. The Morgan fingerprint density at radius 3 is 2.32 bits per heavy atom. The summed E-state index contributed by atoms with van der Waals surface area (Å²) in [4.78, 5) is 0.269. The third-order valence-corrected chi connectivity index (χ3v) is 10.1. The van der Waals surface area contributed by atoms with E-state index in [2.05, 4.69) is 32.3 Å². The average molecular weight is 572 g/mol. The van der Waals surface area contributed by atoms with Gasteiger partial charge in [0.2, 0.25) is 10.0 Å². The van der Waals surface area contributed by atoms with E-state index in [9.17, 15) is 17.9 Å². The van der Waals surface area contributed by atoms with Crippen molar-refractivity contribution in [2.45, 2.75) is 43.6 Å². The van der Waals surface area contributed by atoms with Crippen molar-refractivity contribution in [1.82, 2.24) is 9.73 Å². The van der Waals surface area contributed by atoms with Crippen LogP contribution in [0, 0.1) is 11.7 Å². The third kappa shape index (κ3) is 5.01. The van der Waals surface area contributed by atoms with Crippen molar-refractivity contribution in [2.24, 2.45) is 5.92 Å². The van der Waals surface area contributed by atoms with E-state index in [4.69, 9.17) is 0 Å². The highest BCUT2D eigenvalue weighted by Crippen LogP contribution is 2.47. The number of nitrogens with one attached hydrogen (secondary N) is 1. The van der Waals surface area contributed by atoms with E-state index in [-0.39, 0.29) is 22.7 Å². The summed E-state index contributed by atoms with van der Waals surface area (Å²) >= 11 is 0. The first-order valence-electron chi connectivity index (χ1n) is 13.8. The summed E-state index contributed by atoms with van der Waals surface area (Å²) in [6.45, 7) is 6.82. The smallest absolute Gasteiger partial charge is 0.243 e. The van der Waals surface area contributed by atoms with Crippen molar-refractivity contribution in [1.29, 1.82) is 0 Å². The van der Waals surface area contributed by atoms with Gasteiger partial charge in [0.25, 0.3) is 0 Å². The van der Waals surface area contributed by atoms with Crippen LogP contribution in [0.1, 0.15) is 44.4 Å². The lowest BCUT2D eigenvalue weighted by Gasteiger charge is -2.39. The van der Waals surface area contributed by atoms with Gasteiger partial charge in [-0.2, -0.15) is 4.31 Å². The topological polar surface area (TPSA) is 72.9 Å². The molecule has 41 heavy (non-hydrogen) atoms. The SMILES string of the molecule is CC(C)(C)c1ccc(S(=O)(=O)N2CCC3=C(C2)[C@@H](C(O)c2ccccc2)C2=CNN(c4ccc(F)cc4)C2=C3)cc1. The molecular formula is C33H34FN3O3S. The number of benzene rings is 3. The van der Waals surface area contributed by atoms with Gasteiger partial charge in [-0.1, -0.05) is 63.2 Å². The summed E-state index contributed by atoms with van der Waals surface area (Å²) in [5, 5.41) is 13.6. The van der Waals surface area contributed by atoms with Gasteiger partial charge in [-0.05, 0) is 76.6 Å². The zero-order valence-electron chi connectivity index (χ0n) is 23.4. The molecular weight excluding hydrogens is 537 g/mol. The Balaban J connectivity index is 1.38. The standard InChI is InChI=1S/C33H34FN3O3S/c1-33(2,3)24-9-15-27(16-10-24)41(39,40)36-18-17-23-19-30-28(20-35-37(30)26-13-11-25(34)12-14-26)31(29(23)21-36)32(38)22-7-5-4-6-8-22/h4-16,19-20,31-32,35,38H,17-18,21H2,1-3H3/t31-,32?/m0/s1. The second-order valence-corrected chi connectivity index (χ2v) is 13.8. The summed E-state index contributed by atoms with van der Waals surface area (Å²) in [5.74, 6) is -0.783. The van der Waals surface area contributed by atoms with E-state index in [1.165, 1.54) is 16.4 Å². The molecule has 2 heterocycles. The number of allylic oxidation sites excluding steroid dienone is 2. The molecule has 2 aliphatic heterocycles. The molecule has 1 aliphatic carbocycles. The molecule has 0 spiro atoms. The van der Waals surface area contributed by atoms with Gasteiger partial charge in [0.15, 0.2) is 0 Å². The van der Waals surface area contributed by atoms with E-state index < -0.39 is 22.0 Å². The van der Waals surface area contributed by atoms with Gasteiger partial charge >= 0.3 is 0 Å². The number of aliphatic hydroxyl groups is 1. The fourth-order valence-corrected chi connectivity index (χ4v) is 7.30. The van der Waals surface area contributed by atoms with Crippen LogP contribution in [0.5, 0.6) is 0 Å².